The number of fused-ring (bicyclic) bond motifs is 1. The standard InChI is InChI=1S/C17H23F3N4O/c1-21-7-9-24-14-5-8-23(11-12(14)2-3-16(24)25)15-10-13(4-6-22-15)17(18,19)20/h4,6,10,12,14,21H,2-3,5,7-9,11H2,1H3/t12-,14+/m0/s1. The fourth-order valence-corrected chi connectivity index (χ4v) is 3.85. The van der Waals surface area contributed by atoms with Crippen LogP contribution in [0.4, 0.5) is 19.0 Å². The van der Waals surface area contributed by atoms with Crippen molar-refractivity contribution in [2.24, 2.45) is 5.92 Å². The molecule has 25 heavy (non-hydrogen) atoms. The summed E-state index contributed by atoms with van der Waals surface area (Å²) >= 11 is 0. The van der Waals surface area contributed by atoms with Crippen LogP contribution in [-0.4, -0.2) is 55.1 Å². The molecule has 1 N–H and O–H groups in total. The molecule has 0 unspecified atom stereocenters. The van der Waals surface area contributed by atoms with Crippen LogP contribution in [0, 0.1) is 5.92 Å². The number of hydrogen-bond acceptors (Lipinski definition) is 4. The molecule has 8 heteroatoms. The number of carbonyl (C=O) groups is 1. The van der Waals surface area contributed by atoms with Crippen LogP contribution in [0.5, 0.6) is 0 Å². The number of carbonyl (C=O) groups excluding carboxylic acids is 1. The van der Waals surface area contributed by atoms with Crippen molar-refractivity contribution in [2.45, 2.75) is 31.5 Å². The van der Waals surface area contributed by atoms with Crippen LogP contribution in [0.25, 0.3) is 0 Å². The molecule has 1 amide bonds. The van der Waals surface area contributed by atoms with Gasteiger partial charge in [-0.2, -0.15) is 13.2 Å². The number of halogens is 3. The summed E-state index contributed by atoms with van der Waals surface area (Å²) in [7, 11) is 1.85. The van der Waals surface area contributed by atoms with E-state index in [9.17, 15) is 18.0 Å². The molecule has 2 aliphatic heterocycles. The lowest BCUT2D eigenvalue weighted by Crippen LogP contribution is -2.57. The zero-order valence-corrected chi connectivity index (χ0v) is 14.2. The first-order chi connectivity index (χ1) is 11.9. The number of likely N-dealkylation sites (N-methyl/N-ethyl adjacent to an activating group) is 1. The highest BCUT2D eigenvalue weighted by molar-refractivity contribution is 5.77. The van der Waals surface area contributed by atoms with Crippen LogP contribution in [0.2, 0.25) is 0 Å². The molecule has 3 heterocycles. The Labute approximate surface area is 145 Å². The molecule has 138 valence electrons. The summed E-state index contributed by atoms with van der Waals surface area (Å²) in [6.07, 6.45) is -1.09. The summed E-state index contributed by atoms with van der Waals surface area (Å²) in [6, 6.07) is 2.29. The molecule has 0 aliphatic carbocycles. The van der Waals surface area contributed by atoms with Gasteiger partial charge < -0.3 is 15.1 Å². The topological polar surface area (TPSA) is 48.5 Å². The van der Waals surface area contributed by atoms with E-state index < -0.39 is 11.7 Å². The van der Waals surface area contributed by atoms with Crippen molar-refractivity contribution in [1.29, 1.82) is 0 Å². The second-order valence-electron chi connectivity index (χ2n) is 6.69. The van der Waals surface area contributed by atoms with Crippen molar-refractivity contribution < 1.29 is 18.0 Å². The van der Waals surface area contributed by atoms with Gasteiger partial charge in [-0.1, -0.05) is 0 Å². The van der Waals surface area contributed by atoms with Crippen molar-refractivity contribution in [3.8, 4) is 0 Å². The summed E-state index contributed by atoms with van der Waals surface area (Å²) in [4.78, 5) is 20.2. The number of pyridine rings is 1. The number of alkyl halides is 3. The van der Waals surface area contributed by atoms with Crippen LogP contribution < -0.4 is 10.2 Å². The third-order valence-electron chi connectivity index (χ3n) is 5.14. The summed E-state index contributed by atoms with van der Waals surface area (Å²) in [5.41, 5.74) is -0.672. The number of rotatable bonds is 4. The van der Waals surface area contributed by atoms with E-state index in [-0.39, 0.29) is 17.9 Å². The minimum absolute atomic E-state index is 0.177. The Hall–Kier alpha value is -1.83. The molecule has 0 radical (unpaired) electrons. The number of nitrogens with zero attached hydrogens (tertiary/aromatic N) is 3. The second kappa shape index (κ2) is 7.19. The van der Waals surface area contributed by atoms with Crippen molar-refractivity contribution >= 4 is 11.7 Å². The lowest BCUT2D eigenvalue weighted by atomic mass is 9.83. The maximum absolute atomic E-state index is 12.9. The van der Waals surface area contributed by atoms with Crippen molar-refractivity contribution in [3.63, 3.8) is 0 Å². The van der Waals surface area contributed by atoms with Gasteiger partial charge in [-0.25, -0.2) is 4.98 Å². The average Bonchev–Trinajstić information content (AvgIpc) is 2.60. The smallest absolute Gasteiger partial charge is 0.356 e. The van der Waals surface area contributed by atoms with Gasteiger partial charge in [-0.15, -0.1) is 0 Å². The van der Waals surface area contributed by atoms with E-state index in [4.69, 9.17) is 0 Å². The number of aromatic nitrogens is 1. The van der Waals surface area contributed by atoms with E-state index in [0.29, 0.717) is 31.9 Å². The molecule has 2 fully saturated rings. The Kier molecular flexibility index (Phi) is 5.17. The van der Waals surface area contributed by atoms with E-state index in [1.165, 1.54) is 6.20 Å². The molecular formula is C17H23F3N4O. The monoisotopic (exact) mass is 356 g/mol. The van der Waals surface area contributed by atoms with Crippen LogP contribution in [-0.2, 0) is 11.0 Å². The van der Waals surface area contributed by atoms with E-state index in [0.717, 1.165) is 31.5 Å². The number of amides is 1. The van der Waals surface area contributed by atoms with Gasteiger partial charge in [0, 0.05) is 44.8 Å². The zero-order chi connectivity index (χ0) is 18.0. The number of piperidine rings is 2. The molecule has 0 aromatic carbocycles. The van der Waals surface area contributed by atoms with Crippen molar-refractivity contribution in [3.05, 3.63) is 23.9 Å². The highest BCUT2D eigenvalue weighted by Gasteiger charge is 2.39. The number of hydrogen-bond donors (Lipinski definition) is 1. The molecule has 2 atom stereocenters. The fourth-order valence-electron chi connectivity index (χ4n) is 3.85. The van der Waals surface area contributed by atoms with Gasteiger partial charge in [0.1, 0.15) is 5.82 Å². The Bertz CT molecular complexity index is 622. The molecular weight excluding hydrogens is 333 g/mol. The highest BCUT2D eigenvalue weighted by atomic mass is 19.4. The molecule has 0 spiro atoms. The first-order valence-electron chi connectivity index (χ1n) is 8.62. The van der Waals surface area contributed by atoms with Gasteiger partial charge in [0.2, 0.25) is 5.91 Å². The summed E-state index contributed by atoms with van der Waals surface area (Å²) < 4.78 is 38.8. The van der Waals surface area contributed by atoms with Crippen molar-refractivity contribution in [1.82, 2.24) is 15.2 Å². The molecule has 5 nitrogen and oxygen atoms in total. The van der Waals surface area contributed by atoms with Crippen LogP contribution >= 0.6 is 0 Å². The van der Waals surface area contributed by atoms with E-state index >= 15 is 0 Å². The normalized spacial score (nSPS) is 24.4. The first kappa shape index (κ1) is 18.0. The maximum Gasteiger partial charge on any atom is 0.416 e. The molecule has 2 saturated heterocycles. The summed E-state index contributed by atoms with van der Waals surface area (Å²) in [6.45, 7) is 2.67. The van der Waals surface area contributed by atoms with Crippen LogP contribution in [0.15, 0.2) is 18.3 Å². The second-order valence-corrected chi connectivity index (χ2v) is 6.69. The van der Waals surface area contributed by atoms with Crippen LogP contribution in [0.1, 0.15) is 24.8 Å². The molecule has 0 saturated carbocycles. The Morgan fingerprint density at radius 3 is 2.88 bits per heavy atom. The maximum atomic E-state index is 12.9. The van der Waals surface area contributed by atoms with Gasteiger partial charge in [-0.05, 0) is 37.9 Å². The molecule has 1 aromatic rings. The van der Waals surface area contributed by atoms with Gasteiger partial charge in [0.05, 0.1) is 5.56 Å². The van der Waals surface area contributed by atoms with E-state index in [1.54, 1.807) is 0 Å². The van der Waals surface area contributed by atoms with Crippen LogP contribution in [0.3, 0.4) is 0 Å². The quantitative estimate of drug-likeness (QED) is 0.898. The first-order valence-corrected chi connectivity index (χ1v) is 8.62. The number of anilines is 1. The Morgan fingerprint density at radius 2 is 2.16 bits per heavy atom. The minimum Gasteiger partial charge on any atom is -0.356 e. The Morgan fingerprint density at radius 1 is 1.36 bits per heavy atom. The number of likely N-dealkylation sites (tertiary alicyclic amines) is 1. The fraction of sp³-hybridized carbons (Fsp3) is 0.647. The lowest BCUT2D eigenvalue weighted by molar-refractivity contribution is -0.139. The predicted molar refractivity (Wildman–Crippen MR) is 88.2 cm³/mol. The van der Waals surface area contributed by atoms with E-state index in [2.05, 4.69) is 10.3 Å². The highest BCUT2D eigenvalue weighted by Crippen LogP contribution is 2.35. The van der Waals surface area contributed by atoms with Gasteiger partial charge >= 0.3 is 6.18 Å². The minimum atomic E-state index is -4.36. The molecule has 1 aromatic heterocycles. The molecule has 3 rings (SSSR count). The van der Waals surface area contributed by atoms with E-state index in [1.807, 2.05) is 16.8 Å². The SMILES string of the molecule is CNCCN1C(=O)CC[C@H]2CN(c3cc(C(F)(F)F)ccn3)CC[C@H]21. The van der Waals surface area contributed by atoms with Gasteiger partial charge in [-0.3, -0.25) is 4.79 Å². The predicted octanol–water partition coefficient (Wildman–Crippen LogP) is 2.14. The largest absolute Gasteiger partial charge is 0.416 e. The molecule has 0 bridgehead atoms. The zero-order valence-electron chi connectivity index (χ0n) is 14.2. The summed E-state index contributed by atoms with van der Waals surface area (Å²) in [5.74, 6) is 0.828. The third kappa shape index (κ3) is 3.89. The van der Waals surface area contributed by atoms with Crippen molar-refractivity contribution in [2.75, 3.05) is 38.1 Å². The third-order valence-corrected chi connectivity index (χ3v) is 5.14. The summed E-state index contributed by atoms with van der Waals surface area (Å²) in [5, 5.41) is 3.07. The molecule has 2 aliphatic rings. The number of nitrogens with one attached hydrogen (secondary N) is 1. The van der Waals surface area contributed by atoms with Gasteiger partial charge in [0.25, 0.3) is 0 Å². The average molecular weight is 356 g/mol. The Balaban J connectivity index is 1.72. The lowest BCUT2D eigenvalue weighted by Gasteiger charge is -2.47. The van der Waals surface area contributed by atoms with Gasteiger partial charge in [0.15, 0.2) is 0 Å².